The molecular formula is C29H43BrN2O5Si. The van der Waals surface area contributed by atoms with Gasteiger partial charge in [-0.15, -0.1) is 0 Å². The van der Waals surface area contributed by atoms with Gasteiger partial charge in [-0.2, -0.15) is 0 Å². The normalized spacial score (nSPS) is 13.1. The Morgan fingerprint density at radius 2 is 1.63 bits per heavy atom. The fourth-order valence-corrected chi connectivity index (χ4v) is 5.30. The van der Waals surface area contributed by atoms with E-state index >= 15 is 0 Å². The standard InChI is InChI=1S/C29H43BrN2O5Si/c1-28(2,3)36-27(35)32-18-21-12-10-9-11-20(21)13-15-23(37-38(7,8)29(4,5)6)19-31-26(34)24-16-14-22(30)17-25(24)33/h9-12,14,16-17,23,33H,13,15,18-19H2,1-8H3,(H,31,34)(H,32,35)/t23-/m0/s1. The van der Waals surface area contributed by atoms with Crippen molar-refractivity contribution in [2.24, 2.45) is 0 Å². The van der Waals surface area contributed by atoms with Crippen LogP contribution in [-0.4, -0.2) is 43.7 Å². The second-order valence-electron chi connectivity index (χ2n) is 12.0. The molecule has 0 saturated heterocycles. The molecule has 1 atom stereocenters. The van der Waals surface area contributed by atoms with Crippen LogP contribution in [0.4, 0.5) is 4.79 Å². The molecule has 0 heterocycles. The number of carbonyl (C=O) groups is 2. The van der Waals surface area contributed by atoms with Gasteiger partial charge in [0.25, 0.3) is 5.91 Å². The lowest BCUT2D eigenvalue weighted by Crippen LogP contribution is -2.47. The van der Waals surface area contributed by atoms with Crippen LogP contribution in [0.5, 0.6) is 5.75 Å². The van der Waals surface area contributed by atoms with Crippen molar-refractivity contribution < 1.29 is 23.9 Å². The quantitative estimate of drug-likeness (QED) is 0.255. The monoisotopic (exact) mass is 606 g/mol. The third-order valence-electron chi connectivity index (χ3n) is 6.64. The Labute approximate surface area is 237 Å². The minimum atomic E-state index is -2.12. The molecule has 0 saturated carbocycles. The number of aryl methyl sites for hydroxylation is 1. The summed E-state index contributed by atoms with van der Waals surface area (Å²) in [4.78, 5) is 25.0. The van der Waals surface area contributed by atoms with Crippen molar-refractivity contribution in [3.05, 3.63) is 63.6 Å². The van der Waals surface area contributed by atoms with Crippen molar-refractivity contribution in [3.8, 4) is 5.75 Å². The highest BCUT2D eigenvalue weighted by Gasteiger charge is 2.39. The molecule has 0 aliphatic heterocycles. The zero-order valence-electron chi connectivity index (χ0n) is 23.9. The lowest BCUT2D eigenvalue weighted by atomic mass is 10.0. The Morgan fingerprint density at radius 1 is 1.00 bits per heavy atom. The van der Waals surface area contributed by atoms with Gasteiger partial charge in [-0.1, -0.05) is 61.0 Å². The van der Waals surface area contributed by atoms with Gasteiger partial charge in [-0.25, -0.2) is 4.79 Å². The number of amides is 2. The first kappa shape index (κ1) is 31.9. The summed E-state index contributed by atoms with van der Waals surface area (Å²) in [5.74, 6) is -0.425. The van der Waals surface area contributed by atoms with Gasteiger partial charge < -0.3 is 24.9 Å². The first-order chi connectivity index (χ1) is 17.5. The minimum Gasteiger partial charge on any atom is -0.507 e. The second-order valence-corrected chi connectivity index (χ2v) is 17.7. The summed E-state index contributed by atoms with van der Waals surface area (Å²) in [6, 6.07) is 12.8. The van der Waals surface area contributed by atoms with Crippen LogP contribution >= 0.6 is 15.9 Å². The molecular weight excluding hydrogens is 564 g/mol. The van der Waals surface area contributed by atoms with Gasteiger partial charge in [0.15, 0.2) is 8.32 Å². The van der Waals surface area contributed by atoms with E-state index in [2.05, 4.69) is 60.4 Å². The smallest absolute Gasteiger partial charge is 0.407 e. The number of halogens is 1. The van der Waals surface area contributed by atoms with Crippen LogP contribution in [0.3, 0.4) is 0 Å². The molecule has 2 aromatic carbocycles. The van der Waals surface area contributed by atoms with Gasteiger partial charge in [0.2, 0.25) is 0 Å². The van der Waals surface area contributed by atoms with Crippen molar-refractivity contribution in [1.82, 2.24) is 10.6 Å². The first-order valence-electron chi connectivity index (χ1n) is 13.0. The molecule has 2 rings (SSSR count). The highest BCUT2D eigenvalue weighted by atomic mass is 79.9. The van der Waals surface area contributed by atoms with E-state index in [4.69, 9.17) is 9.16 Å². The average molecular weight is 608 g/mol. The number of phenols is 1. The largest absolute Gasteiger partial charge is 0.507 e. The summed E-state index contributed by atoms with van der Waals surface area (Å²) in [6.07, 6.45) is 0.725. The van der Waals surface area contributed by atoms with E-state index in [9.17, 15) is 14.7 Å². The van der Waals surface area contributed by atoms with Gasteiger partial charge in [0.05, 0.1) is 11.7 Å². The molecule has 2 aromatic rings. The fourth-order valence-electron chi connectivity index (χ4n) is 3.57. The van der Waals surface area contributed by atoms with E-state index in [1.54, 1.807) is 12.1 Å². The zero-order chi connectivity index (χ0) is 28.7. The molecule has 0 fully saturated rings. The third-order valence-corrected chi connectivity index (χ3v) is 11.7. The maximum absolute atomic E-state index is 12.8. The summed E-state index contributed by atoms with van der Waals surface area (Å²) in [6.45, 7) is 17.1. The van der Waals surface area contributed by atoms with E-state index < -0.39 is 20.0 Å². The average Bonchev–Trinajstić information content (AvgIpc) is 2.77. The predicted molar refractivity (Wildman–Crippen MR) is 158 cm³/mol. The van der Waals surface area contributed by atoms with E-state index in [-0.39, 0.29) is 28.4 Å². The molecule has 2 amide bonds. The molecule has 3 N–H and O–H groups in total. The highest BCUT2D eigenvalue weighted by molar-refractivity contribution is 9.10. The van der Waals surface area contributed by atoms with Crippen molar-refractivity contribution in [3.63, 3.8) is 0 Å². The second kappa shape index (κ2) is 13.1. The topological polar surface area (TPSA) is 96.9 Å². The number of benzene rings is 2. The van der Waals surface area contributed by atoms with Crippen LogP contribution in [0.2, 0.25) is 18.1 Å². The van der Waals surface area contributed by atoms with E-state index in [1.165, 1.54) is 6.07 Å². The number of rotatable bonds is 10. The molecule has 0 aliphatic rings. The summed E-state index contributed by atoms with van der Waals surface area (Å²) in [7, 11) is -2.12. The van der Waals surface area contributed by atoms with Gasteiger partial charge in [-0.3, -0.25) is 4.79 Å². The fraction of sp³-hybridized carbons (Fsp3) is 0.517. The summed E-state index contributed by atoms with van der Waals surface area (Å²) < 4.78 is 12.8. The number of phenolic OH excluding ortho intramolecular Hbond substituents is 1. The molecule has 0 spiro atoms. The molecule has 210 valence electrons. The predicted octanol–water partition coefficient (Wildman–Crippen LogP) is 6.93. The van der Waals surface area contributed by atoms with Crippen molar-refractivity contribution >= 4 is 36.2 Å². The Kier molecular flexibility index (Phi) is 11.0. The van der Waals surface area contributed by atoms with Crippen LogP contribution in [-0.2, 0) is 22.1 Å². The van der Waals surface area contributed by atoms with Gasteiger partial charge in [0, 0.05) is 17.6 Å². The van der Waals surface area contributed by atoms with Crippen LogP contribution in [0.25, 0.3) is 0 Å². The molecule has 0 unspecified atom stereocenters. The lowest BCUT2D eigenvalue weighted by molar-refractivity contribution is 0.0523. The van der Waals surface area contributed by atoms with Crippen LogP contribution < -0.4 is 10.6 Å². The molecule has 0 aliphatic carbocycles. The van der Waals surface area contributed by atoms with E-state index in [0.29, 0.717) is 30.4 Å². The molecule has 7 nitrogen and oxygen atoms in total. The van der Waals surface area contributed by atoms with Gasteiger partial charge >= 0.3 is 6.09 Å². The van der Waals surface area contributed by atoms with Crippen LogP contribution in [0.1, 0.15) is 69.4 Å². The summed E-state index contributed by atoms with van der Waals surface area (Å²) >= 11 is 3.30. The van der Waals surface area contributed by atoms with E-state index in [0.717, 1.165) is 11.1 Å². The number of carbonyl (C=O) groups excluding carboxylic acids is 2. The van der Waals surface area contributed by atoms with Crippen molar-refractivity contribution in [2.45, 2.75) is 90.8 Å². The number of hydrogen-bond acceptors (Lipinski definition) is 5. The maximum Gasteiger partial charge on any atom is 0.407 e. The van der Waals surface area contributed by atoms with Crippen molar-refractivity contribution in [2.75, 3.05) is 6.54 Å². The van der Waals surface area contributed by atoms with Crippen molar-refractivity contribution in [1.29, 1.82) is 0 Å². The van der Waals surface area contributed by atoms with Gasteiger partial charge in [0.1, 0.15) is 11.4 Å². The Balaban J connectivity index is 2.13. The molecule has 0 aromatic heterocycles. The SMILES string of the molecule is CC(C)(C)OC(=O)NCc1ccccc1CC[C@@H](CNC(=O)c1ccc(Br)cc1O)O[Si](C)(C)C(C)(C)C. The summed E-state index contributed by atoms with van der Waals surface area (Å²) in [5, 5.41) is 16.0. The first-order valence-corrected chi connectivity index (χ1v) is 16.7. The van der Waals surface area contributed by atoms with Crippen LogP contribution in [0, 0.1) is 0 Å². The van der Waals surface area contributed by atoms with E-state index in [1.807, 2.05) is 45.0 Å². The zero-order valence-corrected chi connectivity index (χ0v) is 26.5. The molecule has 0 bridgehead atoms. The number of aromatic hydroxyl groups is 1. The maximum atomic E-state index is 12.8. The number of nitrogens with one attached hydrogen (secondary N) is 2. The Morgan fingerprint density at radius 3 is 2.21 bits per heavy atom. The number of ether oxygens (including phenoxy) is 1. The number of hydrogen-bond donors (Lipinski definition) is 3. The molecule has 9 heteroatoms. The molecule has 0 radical (unpaired) electrons. The summed E-state index contributed by atoms with van der Waals surface area (Å²) in [5.41, 5.74) is 1.77. The third kappa shape index (κ3) is 10.1. The van der Waals surface area contributed by atoms with Gasteiger partial charge in [-0.05, 0) is 81.1 Å². The minimum absolute atomic E-state index is 0.00841. The Bertz CT molecular complexity index is 1110. The number of alkyl carbamates (subject to hydrolysis) is 1. The lowest BCUT2D eigenvalue weighted by Gasteiger charge is -2.39. The Hall–Kier alpha value is -2.36. The molecule has 38 heavy (non-hydrogen) atoms. The highest BCUT2D eigenvalue weighted by Crippen LogP contribution is 2.37. The van der Waals surface area contributed by atoms with Crippen LogP contribution in [0.15, 0.2) is 46.9 Å².